The average Bonchev–Trinajstić information content (AvgIpc) is 2.43. The number of non-ortho nitro benzene ring substituents is 1. The number of carbonyl (C=O) groups excluding carboxylic acids is 1. The van der Waals surface area contributed by atoms with Crippen molar-refractivity contribution in [2.75, 3.05) is 5.32 Å². The molecule has 0 fully saturated rings. The number of nitro benzene ring substituents is 1. The van der Waals surface area contributed by atoms with Gasteiger partial charge in [-0.1, -0.05) is 6.07 Å². The Labute approximate surface area is 126 Å². The average molecular weight is 355 g/mol. The largest absolute Gasteiger partial charge is 0.506 e. The monoisotopic (exact) mass is 354 g/mol. The minimum Gasteiger partial charge on any atom is -0.506 e. The van der Waals surface area contributed by atoms with Crippen LogP contribution in [0.1, 0.15) is 10.4 Å². The van der Waals surface area contributed by atoms with Crippen LogP contribution in [0.2, 0.25) is 0 Å². The van der Waals surface area contributed by atoms with Crippen molar-refractivity contribution in [3.63, 3.8) is 0 Å². The van der Waals surface area contributed by atoms with Crippen LogP contribution in [-0.4, -0.2) is 15.9 Å². The molecule has 0 heterocycles. The zero-order valence-corrected chi connectivity index (χ0v) is 11.9. The molecular formula is C13H8BrFN2O4. The molecule has 6 nitrogen and oxygen atoms in total. The quantitative estimate of drug-likeness (QED) is 0.501. The lowest BCUT2D eigenvalue weighted by Gasteiger charge is -2.08. The van der Waals surface area contributed by atoms with Crippen LogP contribution < -0.4 is 5.32 Å². The van der Waals surface area contributed by atoms with Crippen LogP contribution in [0.5, 0.6) is 5.75 Å². The molecule has 2 N–H and O–H groups in total. The zero-order valence-electron chi connectivity index (χ0n) is 10.3. The van der Waals surface area contributed by atoms with Gasteiger partial charge in [0.1, 0.15) is 11.6 Å². The Kier molecular flexibility index (Phi) is 4.18. The topological polar surface area (TPSA) is 92.5 Å². The van der Waals surface area contributed by atoms with Gasteiger partial charge in [0.15, 0.2) is 0 Å². The fourth-order valence-electron chi connectivity index (χ4n) is 1.61. The molecular weight excluding hydrogens is 347 g/mol. The highest BCUT2D eigenvalue weighted by Gasteiger charge is 2.16. The summed E-state index contributed by atoms with van der Waals surface area (Å²) in [7, 11) is 0. The van der Waals surface area contributed by atoms with Crippen molar-refractivity contribution in [1.82, 2.24) is 0 Å². The van der Waals surface area contributed by atoms with Crippen molar-refractivity contribution < 1.29 is 19.2 Å². The summed E-state index contributed by atoms with van der Waals surface area (Å²) < 4.78 is 13.3. The van der Waals surface area contributed by atoms with E-state index in [-0.39, 0.29) is 21.4 Å². The third-order valence-electron chi connectivity index (χ3n) is 2.64. The highest BCUT2D eigenvalue weighted by Crippen LogP contribution is 2.29. The normalized spacial score (nSPS) is 10.2. The minimum atomic E-state index is -0.672. The number of rotatable bonds is 3. The number of hydrogen-bond donors (Lipinski definition) is 2. The van der Waals surface area contributed by atoms with Gasteiger partial charge in [-0.2, -0.15) is 0 Å². The van der Waals surface area contributed by atoms with Crippen molar-refractivity contribution in [3.8, 4) is 5.75 Å². The molecule has 108 valence electrons. The van der Waals surface area contributed by atoms with Crippen LogP contribution in [-0.2, 0) is 0 Å². The number of nitro groups is 1. The Balaban J connectivity index is 2.28. The second kappa shape index (κ2) is 5.88. The van der Waals surface area contributed by atoms with Gasteiger partial charge in [0, 0.05) is 6.07 Å². The fourth-order valence-corrected chi connectivity index (χ4v) is 2.05. The van der Waals surface area contributed by atoms with E-state index in [1.807, 2.05) is 0 Å². The van der Waals surface area contributed by atoms with Crippen LogP contribution in [0.25, 0.3) is 0 Å². The summed E-state index contributed by atoms with van der Waals surface area (Å²) in [6.07, 6.45) is 0. The second-order valence-electron chi connectivity index (χ2n) is 4.01. The predicted octanol–water partition coefficient (Wildman–Crippen LogP) is 3.45. The molecule has 0 unspecified atom stereocenters. The Morgan fingerprint density at radius 3 is 2.67 bits per heavy atom. The van der Waals surface area contributed by atoms with Gasteiger partial charge in [0.2, 0.25) is 0 Å². The van der Waals surface area contributed by atoms with Gasteiger partial charge >= 0.3 is 0 Å². The van der Waals surface area contributed by atoms with E-state index >= 15 is 0 Å². The molecule has 0 aliphatic heterocycles. The first-order chi connectivity index (χ1) is 9.90. The second-order valence-corrected chi connectivity index (χ2v) is 4.81. The minimum absolute atomic E-state index is 0.0103. The van der Waals surface area contributed by atoms with Gasteiger partial charge in [0.25, 0.3) is 11.6 Å². The molecule has 0 aliphatic rings. The third-order valence-corrected chi connectivity index (χ3v) is 3.44. The number of carbonyl (C=O) groups is 1. The molecule has 0 bridgehead atoms. The number of anilines is 1. The summed E-state index contributed by atoms with van der Waals surface area (Å²) in [6, 6.07) is 7.19. The van der Waals surface area contributed by atoms with E-state index in [1.165, 1.54) is 24.3 Å². The van der Waals surface area contributed by atoms with Gasteiger partial charge in [0.05, 0.1) is 26.7 Å². The van der Waals surface area contributed by atoms with E-state index in [9.17, 15) is 24.4 Å². The van der Waals surface area contributed by atoms with E-state index < -0.39 is 22.4 Å². The number of phenolic OH excluding ortho intramolecular Hbond substituents is 1. The molecule has 0 aromatic heterocycles. The summed E-state index contributed by atoms with van der Waals surface area (Å²) in [5, 5.41) is 22.6. The van der Waals surface area contributed by atoms with Crippen LogP contribution in [0, 0.1) is 15.9 Å². The molecule has 0 spiro atoms. The molecule has 1 amide bonds. The smallest absolute Gasteiger partial charge is 0.273 e. The first-order valence-corrected chi connectivity index (χ1v) is 6.42. The Bertz CT molecular complexity index is 736. The predicted molar refractivity (Wildman–Crippen MR) is 76.8 cm³/mol. The molecule has 0 aliphatic carbocycles. The molecule has 8 heteroatoms. The lowest BCUT2D eigenvalue weighted by molar-refractivity contribution is -0.384. The Hall–Kier alpha value is -2.48. The zero-order chi connectivity index (χ0) is 15.6. The number of aromatic hydroxyl groups is 1. The summed E-state index contributed by atoms with van der Waals surface area (Å²) in [6.45, 7) is 0. The van der Waals surface area contributed by atoms with Crippen LogP contribution in [0.3, 0.4) is 0 Å². The molecule has 2 aromatic rings. The summed E-state index contributed by atoms with van der Waals surface area (Å²) in [5.74, 6) is -1.72. The van der Waals surface area contributed by atoms with E-state index in [2.05, 4.69) is 21.2 Å². The Morgan fingerprint density at radius 2 is 2.05 bits per heavy atom. The molecule has 0 saturated carbocycles. The standard InChI is InChI=1S/C13H8BrFN2O4/c14-12-8(2-1-3-9(12)15)13(19)16-10-5-4-7(17(20)21)6-11(10)18/h1-6,18H,(H,16,19). The summed E-state index contributed by atoms with van der Waals surface area (Å²) >= 11 is 2.96. The first kappa shape index (κ1) is 14.9. The number of phenols is 1. The Morgan fingerprint density at radius 1 is 1.33 bits per heavy atom. The van der Waals surface area contributed by atoms with Crippen molar-refractivity contribution in [1.29, 1.82) is 0 Å². The van der Waals surface area contributed by atoms with Gasteiger partial charge < -0.3 is 10.4 Å². The number of benzene rings is 2. The van der Waals surface area contributed by atoms with Gasteiger partial charge in [-0.15, -0.1) is 0 Å². The molecule has 0 radical (unpaired) electrons. The van der Waals surface area contributed by atoms with Crippen molar-refractivity contribution >= 4 is 33.2 Å². The lowest BCUT2D eigenvalue weighted by atomic mass is 10.2. The number of halogens is 2. The number of hydrogen-bond acceptors (Lipinski definition) is 4. The molecule has 21 heavy (non-hydrogen) atoms. The fraction of sp³-hybridized carbons (Fsp3) is 0. The van der Waals surface area contributed by atoms with Gasteiger partial charge in [-0.3, -0.25) is 14.9 Å². The number of nitrogens with zero attached hydrogens (tertiary/aromatic N) is 1. The van der Waals surface area contributed by atoms with E-state index in [0.717, 1.165) is 12.1 Å². The maximum absolute atomic E-state index is 13.3. The van der Waals surface area contributed by atoms with Gasteiger partial charge in [-0.25, -0.2) is 4.39 Å². The highest BCUT2D eigenvalue weighted by atomic mass is 79.9. The number of nitrogens with one attached hydrogen (secondary N) is 1. The van der Waals surface area contributed by atoms with Crippen LogP contribution >= 0.6 is 15.9 Å². The van der Waals surface area contributed by atoms with E-state index in [4.69, 9.17) is 0 Å². The molecule has 2 rings (SSSR count). The molecule has 2 aromatic carbocycles. The summed E-state index contributed by atoms with van der Waals surface area (Å²) in [4.78, 5) is 21.9. The highest BCUT2D eigenvalue weighted by molar-refractivity contribution is 9.10. The lowest BCUT2D eigenvalue weighted by Crippen LogP contribution is -2.13. The van der Waals surface area contributed by atoms with Gasteiger partial charge in [-0.05, 0) is 34.1 Å². The number of amides is 1. The van der Waals surface area contributed by atoms with Crippen molar-refractivity contribution in [2.24, 2.45) is 0 Å². The third kappa shape index (κ3) is 3.16. The van der Waals surface area contributed by atoms with E-state index in [1.54, 1.807) is 0 Å². The van der Waals surface area contributed by atoms with Crippen molar-refractivity contribution in [2.45, 2.75) is 0 Å². The SMILES string of the molecule is O=C(Nc1ccc([N+](=O)[O-])cc1O)c1cccc(F)c1Br. The maximum Gasteiger partial charge on any atom is 0.273 e. The van der Waals surface area contributed by atoms with Crippen molar-refractivity contribution in [3.05, 3.63) is 62.4 Å². The molecule has 0 saturated heterocycles. The van der Waals surface area contributed by atoms with E-state index in [0.29, 0.717) is 0 Å². The molecule has 0 atom stereocenters. The van der Waals surface area contributed by atoms with Crippen LogP contribution in [0.4, 0.5) is 15.8 Å². The maximum atomic E-state index is 13.3. The first-order valence-electron chi connectivity index (χ1n) is 5.63. The summed E-state index contributed by atoms with van der Waals surface area (Å²) in [5.41, 5.74) is -0.285. The van der Waals surface area contributed by atoms with Crippen LogP contribution in [0.15, 0.2) is 40.9 Å².